The largest absolute Gasteiger partial charge is 0.380 e. The number of nitrogens with zero attached hydrogens (tertiary/aromatic N) is 1. The first kappa shape index (κ1) is 13.3. The zero-order chi connectivity index (χ0) is 13.2. The lowest BCUT2D eigenvalue weighted by atomic mass is 10.3. The molecule has 100 valence electrons. The van der Waals surface area contributed by atoms with Crippen molar-refractivity contribution < 1.29 is 13.2 Å². The Bertz CT molecular complexity index is 512. The number of rotatable bonds is 4. The molecule has 1 saturated heterocycles. The third-order valence-corrected chi connectivity index (χ3v) is 5.09. The van der Waals surface area contributed by atoms with E-state index in [0.717, 1.165) is 0 Å². The SMILES string of the molecule is CN(C1CCOC1)S(=O)(=O)c1ccccc1NN. The molecule has 6 nitrogen and oxygen atoms in total. The Morgan fingerprint density at radius 2 is 2.17 bits per heavy atom. The second kappa shape index (κ2) is 5.23. The maximum absolute atomic E-state index is 12.5. The zero-order valence-corrected chi connectivity index (χ0v) is 11.0. The van der Waals surface area contributed by atoms with Crippen LogP contribution in [-0.4, -0.2) is 39.0 Å². The predicted molar refractivity (Wildman–Crippen MR) is 68.4 cm³/mol. The minimum absolute atomic E-state index is 0.110. The number of likely N-dealkylation sites (N-methyl/N-ethyl adjacent to an activating group) is 1. The molecule has 0 spiro atoms. The summed E-state index contributed by atoms with van der Waals surface area (Å²) in [6.07, 6.45) is 0.716. The first-order valence-electron chi connectivity index (χ1n) is 5.69. The summed E-state index contributed by atoms with van der Waals surface area (Å²) < 4.78 is 31.5. The molecule has 3 N–H and O–H groups in total. The van der Waals surface area contributed by atoms with Crippen LogP contribution >= 0.6 is 0 Å². The van der Waals surface area contributed by atoms with Gasteiger partial charge in [-0.2, -0.15) is 4.31 Å². The molecule has 18 heavy (non-hydrogen) atoms. The number of nitrogens with one attached hydrogen (secondary N) is 1. The fourth-order valence-electron chi connectivity index (χ4n) is 1.97. The summed E-state index contributed by atoms with van der Waals surface area (Å²) in [7, 11) is -1.98. The van der Waals surface area contributed by atoms with Crippen molar-refractivity contribution >= 4 is 15.7 Å². The second-order valence-electron chi connectivity index (χ2n) is 4.18. The monoisotopic (exact) mass is 271 g/mol. The molecule has 1 aromatic carbocycles. The molecule has 0 aliphatic carbocycles. The van der Waals surface area contributed by atoms with Crippen molar-refractivity contribution in [1.82, 2.24) is 4.31 Å². The van der Waals surface area contributed by atoms with Crippen molar-refractivity contribution in [3.05, 3.63) is 24.3 Å². The van der Waals surface area contributed by atoms with E-state index in [1.807, 2.05) is 0 Å². The van der Waals surface area contributed by atoms with Crippen LogP contribution in [0.5, 0.6) is 0 Å². The van der Waals surface area contributed by atoms with Crippen LogP contribution in [0.15, 0.2) is 29.2 Å². The molecule has 0 radical (unpaired) electrons. The van der Waals surface area contributed by atoms with Gasteiger partial charge in [-0.3, -0.25) is 5.84 Å². The average molecular weight is 271 g/mol. The van der Waals surface area contributed by atoms with Gasteiger partial charge in [0.1, 0.15) is 4.90 Å². The van der Waals surface area contributed by atoms with Gasteiger partial charge in [0.15, 0.2) is 0 Å². The van der Waals surface area contributed by atoms with Gasteiger partial charge >= 0.3 is 0 Å². The van der Waals surface area contributed by atoms with Crippen LogP contribution in [-0.2, 0) is 14.8 Å². The fraction of sp³-hybridized carbons (Fsp3) is 0.455. The van der Waals surface area contributed by atoms with E-state index in [0.29, 0.717) is 25.3 Å². The van der Waals surface area contributed by atoms with Crippen LogP contribution < -0.4 is 11.3 Å². The molecule has 0 amide bonds. The molecule has 1 aromatic rings. The van der Waals surface area contributed by atoms with Gasteiger partial charge in [0.25, 0.3) is 0 Å². The molecule has 7 heteroatoms. The molecule has 1 atom stereocenters. The van der Waals surface area contributed by atoms with Crippen LogP contribution in [0.2, 0.25) is 0 Å². The van der Waals surface area contributed by atoms with Gasteiger partial charge in [0.05, 0.1) is 18.3 Å². The van der Waals surface area contributed by atoms with Crippen LogP contribution in [0, 0.1) is 0 Å². The molecular weight excluding hydrogens is 254 g/mol. The second-order valence-corrected chi connectivity index (χ2v) is 6.15. The van der Waals surface area contributed by atoms with Crippen LogP contribution in [0.25, 0.3) is 0 Å². The van der Waals surface area contributed by atoms with Crippen LogP contribution in [0.3, 0.4) is 0 Å². The summed E-state index contributed by atoms with van der Waals surface area (Å²) >= 11 is 0. The molecule has 1 heterocycles. The molecule has 1 aliphatic heterocycles. The number of para-hydroxylation sites is 1. The van der Waals surface area contributed by atoms with Crippen molar-refractivity contribution in [2.24, 2.45) is 5.84 Å². The van der Waals surface area contributed by atoms with Gasteiger partial charge in [-0.1, -0.05) is 12.1 Å². The zero-order valence-electron chi connectivity index (χ0n) is 10.2. The smallest absolute Gasteiger partial charge is 0.245 e. The van der Waals surface area contributed by atoms with Gasteiger partial charge in [0, 0.05) is 13.7 Å². The number of hydrogen-bond donors (Lipinski definition) is 2. The Hall–Kier alpha value is -1.15. The normalized spacial score (nSPS) is 20.3. The van der Waals surface area contributed by atoms with Crippen molar-refractivity contribution in [2.45, 2.75) is 17.4 Å². The third-order valence-electron chi connectivity index (χ3n) is 3.12. The highest BCUT2D eigenvalue weighted by Gasteiger charge is 2.31. The Kier molecular flexibility index (Phi) is 3.86. The minimum atomic E-state index is -3.55. The third kappa shape index (κ3) is 2.35. The van der Waals surface area contributed by atoms with Crippen molar-refractivity contribution in [2.75, 3.05) is 25.7 Å². The van der Waals surface area contributed by atoms with Crippen LogP contribution in [0.1, 0.15) is 6.42 Å². The summed E-state index contributed by atoms with van der Waals surface area (Å²) in [6, 6.07) is 6.46. The lowest BCUT2D eigenvalue weighted by Gasteiger charge is -2.23. The number of nitrogens with two attached hydrogens (primary N) is 1. The molecule has 1 fully saturated rings. The quantitative estimate of drug-likeness (QED) is 0.611. The molecular formula is C11H17N3O3S. The number of nitrogen functional groups attached to an aromatic ring is 1. The Morgan fingerprint density at radius 3 is 2.78 bits per heavy atom. The highest BCUT2D eigenvalue weighted by molar-refractivity contribution is 7.89. The van der Waals surface area contributed by atoms with Crippen LogP contribution in [0.4, 0.5) is 5.69 Å². The molecule has 0 saturated carbocycles. The van der Waals surface area contributed by atoms with Crippen molar-refractivity contribution in [3.63, 3.8) is 0 Å². The summed E-state index contributed by atoms with van der Waals surface area (Å²) in [6.45, 7) is 1.04. The standard InChI is InChI=1S/C11H17N3O3S/c1-14(9-6-7-17-8-9)18(15,16)11-5-3-2-4-10(11)13-12/h2-5,9,13H,6-8,12H2,1H3. The maximum Gasteiger partial charge on any atom is 0.245 e. The van der Waals surface area contributed by atoms with Gasteiger partial charge in [-0.05, 0) is 18.6 Å². The Labute approximate surface area is 107 Å². The van der Waals surface area contributed by atoms with E-state index >= 15 is 0 Å². The maximum atomic E-state index is 12.5. The first-order valence-corrected chi connectivity index (χ1v) is 7.13. The summed E-state index contributed by atoms with van der Waals surface area (Å²) in [4.78, 5) is 0.182. The Morgan fingerprint density at radius 1 is 1.44 bits per heavy atom. The van der Waals surface area contributed by atoms with Crippen molar-refractivity contribution in [1.29, 1.82) is 0 Å². The van der Waals surface area contributed by atoms with E-state index < -0.39 is 10.0 Å². The number of ether oxygens (including phenoxy) is 1. The van der Waals surface area contributed by atoms with E-state index in [-0.39, 0.29) is 10.9 Å². The van der Waals surface area contributed by atoms with E-state index in [1.54, 1.807) is 25.2 Å². The van der Waals surface area contributed by atoms with Gasteiger partial charge < -0.3 is 10.2 Å². The van der Waals surface area contributed by atoms with E-state index in [9.17, 15) is 8.42 Å². The highest BCUT2D eigenvalue weighted by Crippen LogP contribution is 2.26. The highest BCUT2D eigenvalue weighted by atomic mass is 32.2. The van der Waals surface area contributed by atoms with E-state index in [2.05, 4.69) is 5.43 Å². The van der Waals surface area contributed by atoms with Gasteiger partial charge in [-0.25, -0.2) is 8.42 Å². The van der Waals surface area contributed by atoms with E-state index in [4.69, 9.17) is 10.6 Å². The fourth-order valence-corrected chi connectivity index (χ4v) is 3.50. The molecule has 1 aliphatic rings. The lowest BCUT2D eigenvalue weighted by molar-refractivity contribution is 0.181. The number of sulfonamides is 1. The topological polar surface area (TPSA) is 84.7 Å². The molecule has 1 unspecified atom stereocenters. The van der Waals surface area contributed by atoms with Crippen molar-refractivity contribution in [3.8, 4) is 0 Å². The minimum Gasteiger partial charge on any atom is -0.380 e. The number of benzene rings is 1. The molecule has 0 bridgehead atoms. The van der Waals surface area contributed by atoms with E-state index in [1.165, 1.54) is 10.4 Å². The Balaban J connectivity index is 2.35. The predicted octanol–water partition coefficient (Wildman–Crippen LogP) is 0.382. The number of hydrazine groups is 1. The molecule has 0 aromatic heterocycles. The first-order chi connectivity index (χ1) is 8.57. The summed E-state index contributed by atoms with van der Waals surface area (Å²) in [5.41, 5.74) is 2.80. The lowest BCUT2D eigenvalue weighted by Crippen LogP contribution is -2.37. The average Bonchev–Trinajstić information content (AvgIpc) is 2.91. The molecule has 2 rings (SSSR count). The van der Waals surface area contributed by atoms with Gasteiger partial charge in [-0.15, -0.1) is 0 Å². The summed E-state index contributed by atoms with van der Waals surface area (Å²) in [5, 5.41) is 0. The summed E-state index contributed by atoms with van der Waals surface area (Å²) in [5.74, 6) is 5.34. The number of hydrogen-bond acceptors (Lipinski definition) is 5. The van der Waals surface area contributed by atoms with Gasteiger partial charge in [0.2, 0.25) is 10.0 Å². The number of anilines is 1.